The molecule has 1 aliphatic heterocycles. The van der Waals surface area contributed by atoms with Crippen molar-refractivity contribution in [1.82, 2.24) is 4.98 Å². The number of hydrogen-bond acceptors (Lipinski definition) is 4. The Morgan fingerprint density at radius 1 is 1.44 bits per heavy atom. The molecule has 0 spiro atoms. The monoisotopic (exact) mass is 261 g/mol. The Labute approximate surface area is 104 Å². The molecule has 6 heteroatoms. The maximum absolute atomic E-state index is 9.59. The number of nitrogen functional groups attached to an aromatic ring is 1. The third-order valence-electron chi connectivity index (χ3n) is 2.63. The number of piperidine rings is 1. The molecular weight excluding hydrogens is 249 g/mol. The maximum Gasteiger partial charge on any atom is 0.150 e. The second-order valence-corrected chi connectivity index (χ2v) is 4.72. The molecule has 1 unspecified atom stereocenters. The fourth-order valence-electron chi connectivity index (χ4n) is 1.84. The van der Waals surface area contributed by atoms with Crippen molar-refractivity contribution in [2.75, 3.05) is 23.7 Å². The molecule has 4 nitrogen and oxygen atoms in total. The minimum atomic E-state index is -0.330. The molecule has 0 saturated carbocycles. The number of hydrogen-bond donors (Lipinski definition) is 2. The molecule has 1 saturated heterocycles. The Bertz CT molecular complexity index is 400. The summed E-state index contributed by atoms with van der Waals surface area (Å²) in [6.45, 7) is 1.36. The zero-order valence-corrected chi connectivity index (χ0v) is 10.2. The Hall–Kier alpha value is -0.710. The molecule has 1 fully saturated rings. The van der Waals surface area contributed by atoms with E-state index < -0.39 is 0 Å². The second kappa shape index (κ2) is 4.65. The normalized spacial score (nSPS) is 21.2. The van der Waals surface area contributed by atoms with Gasteiger partial charge in [0.15, 0.2) is 0 Å². The van der Waals surface area contributed by atoms with E-state index in [2.05, 4.69) is 4.98 Å². The van der Waals surface area contributed by atoms with Gasteiger partial charge in [0.1, 0.15) is 11.6 Å². The van der Waals surface area contributed by atoms with E-state index in [1.54, 1.807) is 6.07 Å². The summed E-state index contributed by atoms with van der Waals surface area (Å²) in [7, 11) is 0. The second-order valence-electron chi connectivity index (χ2n) is 3.90. The van der Waals surface area contributed by atoms with Gasteiger partial charge in [-0.3, -0.25) is 0 Å². The number of nitrogens with zero attached hydrogens (tertiary/aromatic N) is 2. The standard InChI is InChI=1S/C10H13Cl2N3O/c11-7-4-8(12)10(14-9(7)13)15-3-1-2-6(16)5-15/h4,6,16H,1-3,5H2,(H2,13,14). The number of pyridine rings is 1. The first kappa shape index (κ1) is 11.8. The van der Waals surface area contributed by atoms with Crippen molar-refractivity contribution in [3.05, 3.63) is 16.1 Å². The molecule has 88 valence electrons. The Balaban J connectivity index is 2.29. The summed E-state index contributed by atoms with van der Waals surface area (Å²) in [6.07, 6.45) is 1.40. The van der Waals surface area contributed by atoms with Crippen molar-refractivity contribution < 1.29 is 5.11 Å². The number of halogens is 2. The third-order valence-corrected chi connectivity index (χ3v) is 3.22. The van der Waals surface area contributed by atoms with Gasteiger partial charge in [0, 0.05) is 13.1 Å². The predicted octanol–water partition coefficient (Wildman–Crippen LogP) is 1.93. The van der Waals surface area contributed by atoms with E-state index >= 15 is 0 Å². The van der Waals surface area contributed by atoms with Gasteiger partial charge in [-0.2, -0.15) is 0 Å². The van der Waals surface area contributed by atoms with Crippen LogP contribution in [0.3, 0.4) is 0 Å². The zero-order chi connectivity index (χ0) is 11.7. The van der Waals surface area contributed by atoms with Crippen LogP contribution in [0.1, 0.15) is 12.8 Å². The van der Waals surface area contributed by atoms with Crippen molar-refractivity contribution in [2.24, 2.45) is 0 Å². The average Bonchev–Trinajstić information content (AvgIpc) is 2.23. The van der Waals surface area contributed by atoms with Gasteiger partial charge in [-0.25, -0.2) is 4.98 Å². The molecule has 0 bridgehead atoms. The van der Waals surface area contributed by atoms with Gasteiger partial charge >= 0.3 is 0 Å². The number of rotatable bonds is 1. The maximum atomic E-state index is 9.59. The minimum Gasteiger partial charge on any atom is -0.391 e. The Morgan fingerprint density at radius 2 is 2.19 bits per heavy atom. The zero-order valence-electron chi connectivity index (χ0n) is 8.66. The van der Waals surface area contributed by atoms with Gasteiger partial charge in [-0.1, -0.05) is 23.2 Å². The highest BCUT2D eigenvalue weighted by Gasteiger charge is 2.21. The van der Waals surface area contributed by atoms with Crippen LogP contribution < -0.4 is 10.6 Å². The number of aliphatic hydroxyl groups is 1. The van der Waals surface area contributed by atoms with E-state index in [0.29, 0.717) is 22.4 Å². The van der Waals surface area contributed by atoms with E-state index in [1.807, 2.05) is 4.90 Å². The first-order chi connectivity index (χ1) is 7.58. The lowest BCUT2D eigenvalue weighted by Crippen LogP contribution is -2.38. The molecule has 1 aromatic heterocycles. The number of nitrogens with two attached hydrogens (primary N) is 1. The summed E-state index contributed by atoms with van der Waals surface area (Å²) in [5.74, 6) is 0.864. The molecule has 1 atom stereocenters. The molecular formula is C10H13Cl2N3O. The lowest BCUT2D eigenvalue weighted by Gasteiger charge is -2.31. The summed E-state index contributed by atoms with van der Waals surface area (Å²) in [6, 6.07) is 1.59. The molecule has 2 heterocycles. The first-order valence-electron chi connectivity index (χ1n) is 5.12. The van der Waals surface area contributed by atoms with Crippen LogP contribution in [0.2, 0.25) is 10.0 Å². The summed E-state index contributed by atoms with van der Waals surface area (Å²) in [5, 5.41) is 10.4. The van der Waals surface area contributed by atoms with Crippen molar-refractivity contribution in [1.29, 1.82) is 0 Å². The van der Waals surface area contributed by atoms with Crippen molar-refractivity contribution in [3.63, 3.8) is 0 Å². The van der Waals surface area contributed by atoms with Crippen LogP contribution in [-0.4, -0.2) is 29.3 Å². The Morgan fingerprint density at radius 3 is 2.88 bits per heavy atom. The van der Waals surface area contributed by atoms with Gasteiger partial charge in [0.05, 0.1) is 16.1 Å². The highest BCUT2D eigenvalue weighted by Crippen LogP contribution is 2.31. The van der Waals surface area contributed by atoms with E-state index in [1.165, 1.54) is 0 Å². The van der Waals surface area contributed by atoms with Crippen molar-refractivity contribution in [3.8, 4) is 0 Å². The number of anilines is 2. The van der Waals surface area contributed by atoms with E-state index in [0.717, 1.165) is 19.4 Å². The molecule has 0 aromatic carbocycles. The third kappa shape index (κ3) is 2.34. The average molecular weight is 262 g/mol. The van der Waals surface area contributed by atoms with Crippen molar-refractivity contribution in [2.45, 2.75) is 18.9 Å². The number of aliphatic hydroxyl groups excluding tert-OH is 1. The first-order valence-corrected chi connectivity index (χ1v) is 5.88. The molecule has 0 aliphatic carbocycles. The number of aromatic nitrogens is 1. The van der Waals surface area contributed by atoms with E-state index in [9.17, 15) is 5.11 Å². The largest absolute Gasteiger partial charge is 0.391 e. The quantitative estimate of drug-likeness (QED) is 0.811. The molecule has 3 N–H and O–H groups in total. The van der Waals surface area contributed by atoms with Crippen LogP contribution in [0.4, 0.5) is 11.6 Å². The van der Waals surface area contributed by atoms with Crippen LogP contribution in [0.15, 0.2) is 6.07 Å². The SMILES string of the molecule is Nc1nc(N2CCCC(O)C2)c(Cl)cc1Cl. The lowest BCUT2D eigenvalue weighted by atomic mass is 10.1. The van der Waals surface area contributed by atoms with Gasteiger partial charge < -0.3 is 15.7 Å². The molecule has 1 aromatic rings. The van der Waals surface area contributed by atoms with Crippen LogP contribution in [-0.2, 0) is 0 Å². The minimum absolute atomic E-state index is 0.265. The van der Waals surface area contributed by atoms with Gasteiger partial charge in [-0.05, 0) is 18.9 Å². The molecule has 0 amide bonds. The fourth-order valence-corrected chi connectivity index (χ4v) is 2.32. The summed E-state index contributed by atoms with van der Waals surface area (Å²) in [4.78, 5) is 6.09. The van der Waals surface area contributed by atoms with Crippen LogP contribution >= 0.6 is 23.2 Å². The number of β-amino-alcohol motifs (C(OH)–C–C–N with tert-alkyl or cyclic N) is 1. The van der Waals surface area contributed by atoms with Gasteiger partial charge in [0.2, 0.25) is 0 Å². The smallest absolute Gasteiger partial charge is 0.150 e. The summed E-state index contributed by atoms with van der Waals surface area (Å²) in [5.41, 5.74) is 5.64. The van der Waals surface area contributed by atoms with Gasteiger partial charge in [0.25, 0.3) is 0 Å². The highest BCUT2D eigenvalue weighted by atomic mass is 35.5. The molecule has 0 radical (unpaired) electrons. The van der Waals surface area contributed by atoms with E-state index in [4.69, 9.17) is 28.9 Å². The predicted molar refractivity (Wildman–Crippen MR) is 66.1 cm³/mol. The lowest BCUT2D eigenvalue weighted by molar-refractivity contribution is 0.154. The highest BCUT2D eigenvalue weighted by molar-refractivity contribution is 6.37. The van der Waals surface area contributed by atoms with Crippen molar-refractivity contribution >= 4 is 34.8 Å². The molecule has 16 heavy (non-hydrogen) atoms. The van der Waals surface area contributed by atoms with E-state index in [-0.39, 0.29) is 11.9 Å². The Kier molecular flexibility index (Phi) is 3.42. The van der Waals surface area contributed by atoms with Crippen LogP contribution in [0.5, 0.6) is 0 Å². The molecule has 2 rings (SSSR count). The summed E-state index contributed by atoms with van der Waals surface area (Å²) < 4.78 is 0. The summed E-state index contributed by atoms with van der Waals surface area (Å²) >= 11 is 11.9. The van der Waals surface area contributed by atoms with Crippen LogP contribution in [0.25, 0.3) is 0 Å². The topological polar surface area (TPSA) is 62.4 Å². The van der Waals surface area contributed by atoms with Crippen LogP contribution in [0, 0.1) is 0 Å². The fraction of sp³-hybridized carbons (Fsp3) is 0.500. The van der Waals surface area contributed by atoms with Gasteiger partial charge in [-0.15, -0.1) is 0 Å². The molecule has 1 aliphatic rings.